The highest BCUT2D eigenvalue weighted by atomic mass is 35.5. The molecule has 2 heterocycles. The van der Waals surface area contributed by atoms with E-state index in [0.29, 0.717) is 28.9 Å². The molecule has 0 bridgehead atoms. The van der Waals surface area contributed by atoms with Gasteiger partial charge < -0.3 is 10.7 Å². The summed E-state index contributed by atoms with van der Waals surface area (Å²) in [4.78, 5) is 7.00. The zero-order valence-electron chi connectivity index (χ0n) is 12.4. The van der Waals surface area contributed by atoms with Crippen LogP contribution in [0.3, 0.4) is 0 Å². The molecule has 2 rings (SSSR count). The van der Waals surface area contributed by atoms with Crippen molar-refractivity contribution in [3.8, 4) is 0 Å². The number of nitrogens with zero attached hydrogens (tertiary/aromatic N) is 1. The maximum atomic E-state index is 12.7. The Balaban J connectivity index is 0.00000242. The van der Waals surface area contributed by atoms with E-state index in [1.165, 1.54) is 12.4 Å². The van der Waals surface area contributed by atoms with Gasteiger partial charge in [-0.1, -0.05) is 25.4 Å². The molecule has 22 heavy (non-hydrogen) atoms. The number of H-pyrrole nitrogens is 1. The molecule has 0 fully saturated rings. The fourth-order valence-corrected chi connectivity index (χ4v) is 4.31. The van der Waals surface area contributed by atoms with Crippen molar-refractivity contribution in [3.05, 3.63) is 23.5 Å². The van der Waals surface area contributed by atoms with Gasteiger partial charge in [0.1, 0.15) is 10.5 Å². The van der Waals surface area contributed by atoms with Crippen molar-refractivity contribution >= 4 is 45.1 Å². The fraction of sp³-hybridized carbons (Fsp3) is 0.462. The number of fused-ring (bicyclic) bond motifs is 1. The summed E-state index contributed by atoms with van der Waals surface area (Å²) in [6, 6.07) is 1.56. The molecular formula is C13H20Cl2N4O2S. The molecular weight excluding hydrogens is 347 g/mol. The summed E-state index contributed by atoms with van der Waals surface area (Å²) in [5.41, 5.74) is 5.54. The highest BCUT2D eigenvalue weighted by molar-refractivity contribution is 7.89. The van der Waals surface area contributed by atoms with Crippen molar-refractivity contribution in [3.63, 3.8) is 0 Å². The summed E-state index contributed by atoms with van der Waals surface area (Å²) in [7, 11) is -3.75. The van der Waals surface area contributed by atoms with E-state index in [1.807, 2.05) is 13.8 Å². The number of nitrogens with two attached hydrogens (primary N) is 1. The molecule has 2 aromatic rings. The summed E-state index contributed by atoms with van der Waals surface area (Å²) >= 11 is 6.11. The van der Waals surface area contributed by atoms with E-state index in [2.05, 4.69) is 14.7 Å². The molecule has 4 N–H and O–H groups in total. The third-order valence-electron chi connectivity index (χ3n) is 3.87. The number of pyridine rings is 1. The highest BCUT2D eigenvalue weighted by Gasteiger charge is 2.32. The molecule has 0 amide bonds. The topological polar surface area (TPSA) is 101 Å². The van der Waals surface area contributed by atoms with E-state index in [4.69, 9.17) is 17.3 Å². The van der Waals surface area contributed by atoms with Gasteiger partial charge in [-0.15, -0.1) is 12.4 Å². The minimum Gasteiger partial charge on any atom is -0.345 e. The van der Waals surface area contributed by atoms with Crippen LogP contribution < -0.4 is 10.5 Å². The molecule has 0 saturated carbocycles. The van der Waals surface area contributed by atoms with Crippen LogP contribution in [-0.2, 0) is 10.0 Å². The average molecular weight is 367 g/mol. The lowest BCUT2D eigenvalue weighted by Crippen LogP contribution is -2.52. The van der Waals surface area contributed by atoms with Gasteiger partial charge in [-0.05, 0) is 18.9 Å². The van der Waals surface area contributed by atoms with Crippen LogP contribution in [0.5, 0.6) is 0 Å². The molecule has 0 spiro atoms. The second-order valence-corrected chi connectivity index (χ2v) is 7.02. The van der Waals surface area contributed by atoms with Crippen molar-refractivity contribution in [2.24, 2.45) is 5.73 Å². The summed E-state index contributed by atoms with van der Waals surface area (Å²) in [6.45, 7) is 4.04. The van der Waals surface area contributed by atoms with Gasteiger partial charge in [-0.3, -0.25) is 0 Å². The molecule has 0 unspecified atom stereocenters. The van der Waals surface area contributed by atoms with Crippen LogP contribution in [0.1, 0.15) is 26.7 Å². The van der Waals surface area contributed by atoms with E-state index >= 15 is 0 Å². The molecule has 0 saturated heterocycles. The Kier molecular flexibility index (Phi) is 6.23. The Labute approximate surface area is 141 Å². The van der Waals surface area contributed by atoms with Gasteiger partial charge >= 0.3 is 0 Å². The number of rotatable bonds is 6. The second-order valence-electron chi connectivity index (χ2n) is 4.97. The second kappa shape index (κ2) is 7.14. The van der Waals surface area contributed by atoms with E-state index in [-0.39, 0.29) is 23.8 Å². The Morgan fingerprint density at radius 3 is 2.59 bits per heavy atom. The lowest BCUT2D eigenvalue weighted by atomic mass is 9.95. The molecule has 0 radical (unpaired) electrons. The van der Waals surface area contributed by atoms with Gasteiger partial charge in [-0.2, -0.15) is 0 Å². The predicted octanol–water partition coefficient (Wildman–Crippen LogP) is 2.43. The lowest BCUT2D eigenvalue weighted by Gasteiger charge is -2.30. The van der Waals surface area contributed by atoms with E-state index in [0.717, 1.165) is 0 Å². The van der Waals surface area contributed by atoms with Crippen molar-refractivity contribution in [1.29, 1.82) is 0 Å². The lowest BCUT2D eigenvalue weighted by molar-refractivity contribution is 0.363. The summed E-state index contributed by atoms with van der Waals surface area (Å²) in [5.74, 6) is 0. The Hall–Kier alpha value is -0.860. The fourth-order valence-electron chi connectivity index (χ4n) is 2.26. The quantitative estimate of drug-likeness (QED) is 0.730. The first-order chi connectivity index (χ1) is 9.89. The van der Waals surface area contributed by atoms with Crippen LogP contribution in [0, 0.1) is 0 Å². The van der Waals surface area contributed by atoms with Gasteiger partial charge in [-0.25, -0.2) is 18.1 Å². The Bertz CT molecular complexity index is 733. The monoisotopic (exact) mass is 366 g/mol. The third kappa shape index (κ3) is 3.38. The first-order valence-corrected chi connectivity index (χ1v) is 8.61. The number of nitrogens with one attached hydrogen (secondary N) is 2. The summed E-state index contributed by atoms with van der Waals surface area (Å²) in [5, 5.41) is 0.734. The van der Waals surface area contributed by atoms with Crippen LogP contribution >= 0.6 is 24.0 Å². The van der Waals surface area contributed by atoms with Crippen LogP contribution in [0.2, 0.25) is 5.02 Å². The predicted molar refractivity (Wildman–Crippen MR) is 91.0 cm³/mol. The molecule has 9 heteroatoms. The third-order valence-corrected chi connectivity index (χ3v) is 5.79. The highest BCUT2D eigenvalue weighted by Crippen LogP contribution is 2.29. The number of halogens is 2. The van der Waals surface area contributed by atoms with Gasteiger partial charge in [0.2, 0.25) is 10.0 Å². The van der Waals surface area contributed by atoms with Gasteiger partial charge in [0.25, 0.3) is 0 Å². The normalized spacial score (nSPS) is 12.4. The number of sulfonamides is 1. The van der Waals surface area contributed by atoms with Gasteiger partial charge in [0.15, 0.2) is 0 Å². The molecule has 2 aromatic heterocycles. The molecule has 124 valence electrons. The van der Waals surface area contributed by atoms with Crippen molar-refractivity contribution in [1.82, 2.24) is 14.7 Å². The molecule has 0 atom stereocenters. The zero-order chi connectivity index (χ0) is 15.7. The Morgan fingerprint density at radius 1 is 1.41 bits per heavy atom. The van der Waals surface area contributed by atoms with Crippen molar-refractivity contribution in [2.45, 2.75) is 37.1 Å². The van der Waals surface area contributed by atoms with Crippen LogP contribution in [0.4, 0.5) is 0 Å². The molecule has 0 aliphatic heterocycles. The minimum atomic E-state index is -3.75. The number of hydrogen-bond acceptors (Lipinski definition) is 4. The van der Waals surface area contributed by atoms with Crippen LogP contribution in [0.25, 0.3) is 11.0 Å². The molecule has 0 aliphatic rings. The summed E-state index contributed by atoms with van der Waals surface area (Å²) in [6.07, 6.45) is 4.13. The van der Waals surface area contributed by atoms with Crippen LogP contribution in [-0.4, -0.2) is 30.5 Å². The van der Waals surface area contributed by atoms with E-state index in [1.54, 1.807) is 6.07 Å². The largest absolute Gasteiger partial charge is 0.345 e. The maximum Gasteiger partial charge on any atom is 0.243 e. The number of aromatic nitrogens is 2. The van der Waals surface area contributed by atoms with Gasteiger partial charge in [0.05, 0.1) is 10.4 Å². The van der Waals surface area contributed by atoms with E-state index < -0.39 is 15.6 Å². The Morgan fingerprint density at radius 2 is 2.05 bits per heavy atom. The molecule has 0 aromatic carbocycles. The first-order valence-electron chi connectivity index (χ1n) is 6.74. The standard InChI is InChI=1S/C13H19ClN4O2S.ClH/c1-3-13(4-2,8-15)18-21(19,20)10-7-17-12-11(10)9(14)5-6-16-12;/h5-7,18H,3-4,8,15H2,1-2H3,(H,16,17);1H. The average Bonchev–Trinajstić information content (AvgIpc) is 2.91. The SMILES string of the molecule is CCC(CC)(CN)NS(=O)(=O)c1c[nH]c2nccc(Cl)c12.Cl. The molecule has 0 aliphatic carbocycles. The van der Waals surface area contributed by atoms with Gasteiger partial charge in [0, 0.05) is 24.5 Å². The van der Waals surface area contributed by atoms with Crippen molar-refractivity contribution < 1.29 is 8.42 Å². The van der Waals surface area contributed by atoms with Crippen molar-refractivity contribution in [2.75, 3.05) is 6.54 Å². The minimum absolute atomic E-state index is 0. The van der Waals surface area contributed by atoms with Crippen LogP contribution in [0.15, 0.2) is 23.4 Å². The maximum absolute atomic E-state index is 12.7. The number of aromatic amines is 1. The zero-order valence-corrected chi connectivity index (χ0v) is 14.8. The first kappa shape index (κ1) is 19.2. The molecule has 6 nitrogen and oxygen atoms in total. The van der Waals surface area contributed by atoms with E-state index in [9.17, 15) is 8.42 Å². The smallest absolute Gasteiger partial charge is 0.243 e. The number of hydrogen-bond donors (Lipinski definition) is 3. The summed E-state index contributed by atoms with van der Waals surface area (Å²) < 4.78 is 28.1.